The van der Waals surface area contributed by atoms with E-state index in [4.69, 9.17) is 4.74 Å². The summed E-state index contributed by atoms with van der Waals surface area (Å²) in [6.45, 7) is 4.58. The molecule has 2 N–H and O–H groups in total. The summed E-state index contributed by atoms with van der Waals surface area (Å²) in [7, 11) is 0. The van der Waals surface area contributed by atoms with Crippen molar-refractivity contribution in [2.24, 2.45) is 0 Å². The Kier molecular flexibility index (Phi) is 6.41. The van der Waals surface area contributed by atoms with Gasteiger partial charge in [0.1, 0.15) is 16.8 Å². The summed E-state index contributed by atoms with van der Waals surface area (Å²) in [5.74, 6) is 0.788. The molecule has 0 aliphatic carbocycles. The van der Waals surface area contributed by atoms with E-state index in [-0.39, 0.29) is 17.6 Å². The zero-order valence-electron chi connectivity index (χ0n) is 17.3. The molecule has 1 amide bonds. The average molecular weight is 442 g/mol. The van der Waals surface area contributed by atoms with Crippen molar-refractivity contribution in [3.05, 3.63) is 65.7 Å². The summed E-state index contributed by atoms with van der Waals surface area (Å²) in [6, 6.07) is 13.4. The highest BCUT2D eigenvalue weighted by atomic mass is 32.2. The molecule has 31 heavy (non-hydrogen) atoms. The van der Waals surface area contributed by atoms with Gasteiger partial charge in [-0.05, 0) is 43.2 Å². The second-order valence-corrected chi connectivity index (χ2v) is 8.21. The lowest BCUT2D eigenvalue weighted by Crippen LogP contribution is -2.41. The SMILES string of the molecule is CCCc1nnc2n1N[C@@H](c1ccc(OCC)cc1)[C@H](C(=O)Nc1ccccc1F)S2. The molecule has 0 saturated heterocycles. The number of nitrogens with one attached hydrogen (secondary N) is 2. The quantitative estimate of drug-likeness (QED) is 0.573. The Labute approximate surface area is 184 Å². The summed E-state index contributed by atoms with van der Waals surface area (Å²) in [5.41, 5.74) is 4.46. The summed E-state index contributed by atoms with van der Waals surface area (Å²) in [6.07, 6.45) is 1.69. The molecule has 0 unspecified atom stereocenters. The van der Waals surface area contributed by atoms with Gasteiger partial charge in [-0.3, -0.25) is 4.79 Å². The van der Waals surface area contributed by atoms with Crippen molar-refractivity contribution in [2.75, 3.05) is 17.3 Å². The first-order chi connectivity index (χ1) is 15.1. The van der Waals surface area contributed by atoms with Crippen LogP contribution in [0.3, 0.4) is 0 Å². The fourth-order valence-electron chi connectivity index (χ4n) is 3.44. The molecule has 0 spiro atoms. The molecule has 0 saturated carbocycles. The van der Waals surface area contributed by atoms with Crippen LogP contribution in [0.2, 0.25) is 0 Å². The molecule has 2 aromatic carbocycles. The highest BCUT2D eigenvalue weighted by Crippen LogP contribution is 2.38. The number of rotatable bonds is 7. The minimum absolute atomic E-state index is 0.150. The topological polar surface area (TPSA) is 81.1 Å². The van der Waals surface area contributed by atoms with Crippen molar-refractivity contribution in [3.8, 4) is 5.75 Å². The van der Waals surface area contributed by atoms with Gasteiger partial charge in [-0.15, -0.1) is 10.2 Å². The van der Waals surface area contributed by atoms with Crippen molar-refractivity contribution in [3.63, 3.8) is 0 Å². The molecule has 1 aliphatic rings. The fourth-order valence-corrected chi connectivity index (χ4v) is 4.54. The van der Waals surface area contributed by atoms with E-state index in [9.17, 15) is 9.18 Å². The van der Waals surface area contributed by atoms with Crippen LogP contribution in [-0.4, -0.2) is 32.6 Å². The summed E-state index contributed by atoms with van der Waals surface area (Å²) in [4.78, 5) is 13.2. The molecular formula is C22H24FN5O2S. The van der Waals surface area contributed by atoms with E-state index in [1.54, 1.807) is 18.2 Å². The highest BCUT2D eigenvalue weighted by Gasteiger charge is 2.38. The summed E-state index contributed by atoms with van der Waals surface area (Å²) < 4.78 is 21.5. The van der Waals surface area contributed by atoms with Crippen molar-refractivity contribution in [2.45, 2.75) is 43.1 Å². The molecule has 2 heterocycles. The van der Waals surface area contributed by atoms with Gasteiger partial charge in [0.2, 0.25) is 11.1 Å². The van der Waals surface area contributed by atoms with E-state index in [1.165, 1.54) is 17.8 Å². The smallest absolute Gasteiger partial charge is 0.240 e. The van der Waals surface area contributed by atoms with Crippen LogP contribution in [0.25, 0.3) is 0 Å². The second-order valence-electron chi connectivity index (χ2n) is 7.10. The van der Waals surface area contributed by atoms with E-state index in [2.05, 4.69) is 27.9 Å². The minimum atomic E-state index is -0.580. The molecule has 1 aliphatic heterocycles. The van der Waals surface area contributed by atoms with Crippen molar-refractivity contribution < 1.29 is 13.9 Å². The summed E-state index contributed by atoms with van der Waals surface area (Å²) in [5, 5.41) is 11.3. The number of halogens is 1. The number of para-hydroxylation sites is 1. The number of ether oxygens (including phenoxy) is 1. The Morgan fingerprint density at radius 3 is 2.68 bits per heavy atom. The Hall–Kier alpha value is -3.07. The molecule has 0 bridgehead atoms. The fraction of sp³-hybridized carbons (Fsp3) is 0.318. The third-order valence-corrected chi connectivity index (χ3v) is 6.13. The van der Waals surface area contributed by atoms with Crippen LogP contribution < -0.4 is 15.5 Å². The van der Waals surface area contributed by atoms with Gasteiger partial charge in [0.25, 0.3) is 0 Å². The number of nitrogens with zero attached hydrogens (tertiary/aromatic N) is 3. The highest BCUT2D eigenvalue weighted by molar-refractivity contribution is 8.00. The number of carbonyl (C=O) groups is 1. The first kappa shape index (κ1) is 21.2. The maximum Gasteiger partial charge on any atom is 0.240 e. The first-order valence-electron chi connectivity index (χ1n) is 10.3. The normalized spacial score (nSPS) is 17.5. The van der Waals surface area contributed by atoms with Crippen molar-refractivity contribution in [1.82, 2.24) is 14.9 Å². The number of thioether (sulfide) groups is 1. The predicted molar refractivity (Wildman–Crippen MR) is 118 cm³/mol. The van der Waals surface area contributed by atoms with Crippen LogP contribution in [0, 0.1) is 5.82 Å². The van der Waals surface area contributed by atoms with Gasteiger partial charge in [-0.2, -0.15) is 0 Å². The number of hydrogen-bond acceptors (Lipinski definition) is 6. The molecule has 162 valence electrons. The number of benzene rings is 2. The Morgan fingerprint density at radius 2 is 1.97 bits per heavy atom. The molecule has 3 aromatic rings. The van der Waals surface area contributed by atoms with Gasteiger partial charge >= 0.3 is 0 Å². The molecule has 1 aromatic heterocycles. The van der Waals surface area contributed by atoms with Crippen LogP contribution in [0.5, 0.6) is 5.75 Å². The van der Waals surface area contributed by atoms with E-state index >= 15 is 0 Å². The molecular weight excluding hydrogens is 417 g/mol. The molecule has 7 nitrogen and oxygen atoms in total. The van der Waals surface area contributed by atoms with Crippen LogP contribution in [-0.2, 0) is 11.2 Å². The van der Waals surface area contributed by atoms with Crippen LogP contribution in [0.1, 0.15) is 37.7 Å². The standard InChI is InChI=1S/C22H24FN5O2S/c1-3-7-18-25-26-22-28(18)27-19(14-10-12-15(13-11-14)30-4-2)20(31-22)21(29)24-17-9-6-5-8-16(17)23/h5-6,8-13,19-20,27H,3-4,7H2,1-2H3,(H,24,29)/t19-,20+/m0/s1. The van der Waals surface area contributed by atoms with Gasteiger partial charge in [0.15, 0.2) is 5.82 Å². The van der Waals surface area contributed by atoms with Crippen molar-refractivity contribution >= 4 is 23.4 Å². The molecule has 0 fully saturated rings. The number of aryl methyl sites for hydroxylation is 1. The zero-order valence-corrected chi connectivity index (χ0v) is 18.2. The first-order valence-corrected chi connectivity index (χ1v) is 11.1. The molecule has 0 radical (unpaired) electrons. The lowest BCUT2D eigenvalue weighted by Gasteiger charge is -2.33. The third-order valence-electron chi connectivity index (χ3n) is 4.92. The molecule has 9 heteroatoms. The Bertz CT molecular complexity index is 1060. The van der Waals surface area contributed by atoms with E-state index < -0.39 is 11.1 Å². The third kappa shape index (κ3) is 4.51. The zero-order chi connectivity index (χ0) is 21.8. The largest absolute Gasteiger partial charge is 0.494 e. The number of anilines is 1. The maximum absolute atomic E-state index is 14.1. The Morgan fingerprint density at radius 1 is 1.19 bits per heavy atom. The van der Waals surface area contributed by atoms with Crippen LogP contribution in [0.4, 0.5) is 10.1 Å². The number of fused-ring (bicyclic) bond motifs is 1. The monoisotopic (exact) mass is 441 g/mol. The Balaban J connectivity index is 1.66. The molecule has 2 atom stereocenters. The predicted octanol–water partition coefficient (Wildman–Crippen LogP) is 4.17. The van der Waals surface area contributed by atoms with E-state index in [0.717, 1.165) is 30.0 Å². The average Bonchev–Trinajstić information content (AvgIpc) is 3.17. The van der Waals surface area contributed by atoms with Crippen molar-refractivity contribution in [1.29, 1.82) is 0 Å². The minimum Gasteiger partial charge on any atom is -0.494 e. The number of aromatic nitrogens is 3. The maximum atomic E-state index is 14.1. The lowest BCUT2D eigenvalue weighted by molar-refractivity contribution is -0.116. The number of amides is 1. The number of carbonyl (C=O) groups excluding carboxylic acids is 1. The van der Waals surface area contributed by atoms with Gasteiger partial charge in [0.05, 0.1) is 18.3 Å². The van der Waals surface area contributed by atoms with E-state index in [1.807, 2.05) is 35.9 Å². The van der Waals surface area contributed by atoms with Gasteiger partial charge in [-0.1, -0.05) is 43.0 Å². The number of hydrogen-bond donors (Lipinski definition) is 2. The van der Waals surface area contributed by atoms with Gasteiger partial charge in [-0.25, -0.2) is 9.07 Å². The summed E-state index contributed by atoms with van der Waals surface area (Å²) >= 11 is 1.32. The molecule has 4 rings (SSSR count). The van der Waals surface area contributed by atoms with Gasteiger partial charge < -0.3 is 15.5 Å². The second kappa shape index (κ2) is 9.38. The van der Waals surface area contributed by atoms with Gasteiger partial charge in [0, 0.05) is 6.42 Å². The van der Waals surface area contributed by atoms with E-state index in [0.29, 0.717) is 11.8 Å². The lowest BCUT2D eigenvalue weighted by atomic mass is 10.0. The van der Waals surface area contributed by atoms with Crippen LogP contribution in [0.15, 0.2) is 53.7 Å². The van der Waals surface area contributed by atoms with Crippen LogP contribution >= 0.6 is 11.8 Å².